The third kappa shape index (κ3) is 3.67. The van der Waals surface area contributed by atoms with Gasteiger partial charge in [0.15, 0.2) is 4.34 Å². The molecule has 3 nitrogen and oxygen atoms in total. The van der Waals surface area contributed by atoms with Crippen LogP contribution in [0.1, 0.15) is 16.7 Å². The Morgan fingerprint density at radius 2 is 2.06 bits per heavy atom. The fourth-order valence-electron chi connectivity index (χ4n) is 1.27. The van der Waals surface area contributed by atoms with E-state index in [4.69, 9.17) is 11.6 Å². The molecule has 0 fully saturated rings. The zero-order chi connectivity index (χ0) is 12.3. The number of aliphatic hydroxyl groups is 1. The van der Waals surface area contributed by atoms with Gasteiger partial charge in [-0.3, -0.25) is 0 Å². The Labute approximate surface area is 113 Å². The van der Waals surface area contributed by atoms with Gasteiger partial charge in [0.1, 0.15) is 5.01 Å². The lowest BCUT2D eigenvalue weighted by molar-refractivity contribution is 0.204. The molecule has 1 heterocycles. The number of halogens is 1. The van der Waals surface area contributed by atoms with Gasteiger partial charge in [-0.25, -0.2) is 0 Å². The van der Waals surface area contributed by atoms with Crippen molar-refractivity contribution in [2.75, 3.05) is 5.75 Å². The van der Waals surface area contributed by atoms with Gasteiger partial charge in [0.2, 0.25) is 0 Å². The molecule has 0 aliphatic heterocycles. The topological polar surface area (TPSA) is 46.0 Å². The molecule has 0 saturated heterocycles. The maximum absolute atomic E-state index is 9.97. The standard InChI is InChI=1S/C11H11ClN2OS2/c1-7-13-14-11(17-7)16-6-10(15)8-2-4-9(12)5-3-8/h2-5,10,15H,6H2,1H3. The van der Waals surface area contributed by atoms with Crippen LogP contribution in [0, 0.1) is 6.92 Å². The van der Waals surface area contributed by atoms with Crippen LogP contribution >= 0.6 is 34.7 Å². The summed E-state index contributed by atoms with van der Waals surface area (Å²) in [7, 11) is 0. The molecule has 1 aromatic heterocycles. The van der Waals surface area contributed by atoms with Gasteiger partial charge in [0.25, 0.3) is 0 Å². The first kappa shape index (κ1) is 12.8. The molecule has 0 saturated carbocycles. The van der Waals surface area contributed by atoms with Gasteiger partial charge < -0.3 is 5.11 Å². The summed E-state index contributed by atoms with van der Waals surface area (Å²) in [6.45, 7) is 1.91. The molecule has 0 amide bonds. The van der Waals surface area contributed by atoms with Crippen LogP contribution in [-0.2, 0) is 0 Å². The molecule has 1 unspecified atom stereocenters. The van der Waals surface area contributed by atoms with E-state index in [9.17, 15) is 5.11 Å². The number of rotatable bonds is 4. The van der Waals surface area contributed by atoms with Crippen molar-refractivity contribution < 1.29 is 5.11 Å². The second-order valence-electron chi connectivity index (χ2n) is 3.47. The largest absolute Gasteiger partial charge is 0.388 e. The number of aromatic nitrogens is 2. The van der Waals surface area contributed by atoms with Crippen LogP contribution in [0.3, 0.4) is 0 Å². The molecule has 0 radical (unpaired) electrons. The van der Waals surface area contributed by atoms with Gasteiger partial charge in [0.05, 0.1) is 6.10 Å². The Morgan fingerprint density at radius 3 is 2.65 bits per heavy atom. The number of thioether (sulfide) groups is 1. The number of aliphatic hydroxyl groups excluding tert-OH is 1. The SMILES string of the molecule is Cc1nnc(SCC(O)c2ccc(Cl)cc2)s1. The van der Waals surface area contributed by atoms with Crippen molar-refractivity contribution in [2.24, 2.45) is 0 Å². The summed E-state index contributed by atoms with van der Waals surface area (Å²) in [6.07, 6.45) is -0.513. The maximum Gasteiger partial charge on any atom is 0.174 e. The van der Waals surface area contributed by atoms with Crippen LogP contribution in [0.2, 0.25) is 5.02 Å². The molecule has 1 N–H and O–H groups in total. The van der Waals surface area contributed by atoms with Crippen LogP contribution in [0.25, 0.3) is 0 Å². The first-order valence-electron chi connectivity index (χ1n) is 5.01. The molecule has 2 aromatic rings. The van der Waals surface area contributed by atoms with Gasteiger partial charge in [-0.15, -0.1) is 10.2 Å². The third-order valence-corrected chi connectivity index (χ3v) is 4.43. The predicted octanol–water partition coefficient (Wildman–Crippen LogP) is 3.33. The lowest BCUT2D eigenvalue weighted by Crippen LogP contribution is -1.99. The molecule has 2 rings (SSSR count). The highest BCUT2D eigenvalue weighted by molar-refractivity contribution is 8.01. The highest BCUT2D eigenvalue weighted by Gasteiger charge is 2.10. The van der Waals surface area contributed by atoms with E-state index in [1.807, 2.05) is 19.1 Å². The quantitative estimate of drug-likeness (QED) is 0.876. The summed E-state index contributed by atoms with van der Waals surface area (Å²) in [5.41, 5.74) is 0.864. The van der Waals surface area contributed by atoms with Crippen molar-refractivity contribution in [2.45, 2.75) is 17.4 Å². The molecule has 6 heteroatoms. The van der Waals surface area contributed by atoms with E-state index >= 15 is 0 Å². The zero-order valence-electron chi connectivity index (χ0n) is 9.13. The molecule has 90 valence electrons. The highest BCUT2D eigenvalue weighted by atomic mass is 35.5. The monoisotopic (exact) mass is 286 g/mol. The van der Waals surface area contributed by atoms with Gasteiger partial charge in [-0.05, 0) is 24.6 Å². The molecular weight excluding hydrogens is 276 g/mol. The van der Waals surface area contributed by atoms with E-state index in [0.29, 0.717) is 10.8 Å². The Bertz CT molecular complexity index is 486. The Balaban J connectivity index is 1.93. The van der Waals surface area contributed by atoms with Gasteiger partial charge in [0, 0.05) is 10.8 Å². The minimum absolute atomic E-state index is 0.513. The number of benzene rings is 1. The average molecular weight is 287 g/mol. The van der Waals surface area contributed by atoms with Crippen LogP contribution in [0.15, 0.2) is 28.6 Å². The molecule has 17 heavy (non-hydrogen) atoms. The average Bonchev–Trinajstić information content (AvgIpc) is 2.73. The molecule has 0 aliphatic rings. The van der Waals surface area contributed by atoms with Crippen molar-refractivity contribution >= 4 is 34.7 Å². The van der Waals surface area contributed by atoms with Crippen molar-refractivity contribution in [3.05, 3.63) is 39.9 Å². The fourth-order valence-corrected chi connectivity index (χ4v) is 3.20. The smallest absolute Gasteiger partial charge is 0.174 e. The third-order valence-electron chi connectivity index (χ3n) is 2.13. The van der Waals surface area contributed by atoms with E-state index in [0.717, 1.165) is 14.9 Å². The summed E-state index contributed by atoms with van der Waals surface area (Å²) in [5.74, 6) is 0.566. The van der Waals surface area contributed by atoms with Crippen LogP contribution in [-0.4, -0.2) is 21.1 Å². The minimum Gasteiger partial charge on any atom is -0.388 e. The Hall–Kier alpha value is -0.620. The lowest BCUT2D eigenvalue weighted by Gasteiger charge is -2.09. The molecule has 1 atom stereocenters. The maximum atomic E-state index is 9.97. The van der Waals surface area contributed by atoms with Crippen molar-refractivity contribution in [1.82, 2.24) is 10.2 Å². The minimum atomic E-state index is -0.513. The first-order chi connectivity index (χ1) is 8.15. The van der Waals surface area contributed by atoms with Gasteiger partial charge >= 0.3 is 0 Å². The van der Waals surface area contributed by atoms with E-state index in [-0.39, 0.29) is 0 Å². The zero-order valence-corrected chi connectivity index (χ0v) is 11.5. The predicted molar refractivity (Wildman–Crippen MR) is 71.8 cm³/mol. The van der Waals surface area contributed by atoms with Crippen molar-refractivity contribution in [3.8, 4) is 0 Å². The molecular formula is C11H11ClN2OS2. The molecule has 1 aromatic carbocycles. The number of nitrogens with zero attached hydrogens (tertiary/aromatic N) is 2. The second kappa shape index (κ2) is 5.82. The summed E-state index contributed by atoms with van der Waals surface area (Å²) >= 11 is 8.83. The second-order valence-corrected chi connectivity index (χ2v) is 6.35. The van der Waals surface area contributed by atoms with E-state index in [2.05, 4.69) is 10.2 Å². The molecule has 0 spiro atoms. The fraction of sp³-hybridized carbons (Fsp3) is 0.273. The van der Waals surface area contributed by atoms with Crippen molar-refractivity contribution in [1.29, 1.82) is 0 Å². The number of hydrogen-bond donors (Lipinski definition) is 1. The number of hydrogen-bond acceptors (Lipinski definition) is 5. The lowest BCUT2D eigenvalue weighted by atomic mass is 10.1. The van der Waals surface area contributed by atoms with Crippen molar-refractivity contribution in [3.63, 3.8) is 0 Å². The summed E-state index contributed by atoms with van der Waals surface area (Å²) in [6, 6.07) is 7.22. The van der Waals surface area contributed by atoms with E-state index in [1.54, 1.807) is 12.1 Å². The van der Waals surface area contributed by atoms with Crippen LogP contribution in [0.5, 0.6) is 0 Å². The van der Waals surface area contributed by atoms with Crippen LogP contribution < -0.4 is 0 Å². The summed E-state index contributed by atoms with van der Waals surface area (Å²) in [5, 5.41) is 19.5. The van der Waals surface area contributed by atoms with Gasteiger partial charge in [-0.1, -0.05) is 46.8 Å². The van der Waals surface area contributed by atoms with Gasteiger partial charge in [-0.2, -0.15) is 0 Å². The summed E-state index contributed by atoms with van der Waals surface area (Å²) < 4.78 is 0.885. The number of aryl methyl sites for hydroxylation is 1. The van der Waals surface area contributed by atoms with E-state index < -0.39 is 6.10 Å². The first-order valence-corrected chi connectivity index (χ1v) is 7.19. The van der Waals surface area contributed by atoms with E-state index in [1.165, 1.54) is 23.1 Å². The normalized spacial score (nSPS) is 12.6. The summed E-state index contributed by atoms with van der Waals surface area (Å²) in [4.78, 5) is 0. The highest BCUT2D eigenvalue weighted by Crippen LogP contribution is 2.27. The van der Waals surface area contributed by atoms with Crippen LogP contribution in [0.4, 0.5) is 0 Å². The Kier molecular flexibility index (Phi) is 4.39. The molecule has 0 aliphatic carbocycles. The molecule has 0 bridgehead atoms. The Morgan fingerprint density at radius 1 is 1.35 bits per heavy atom.